The van der Waals surface area contributed by atoms with Crippen LogP contribution in [0, 0.1) is 0 Å². The Hall–Kier alpha value is -0.890. The van der Waals surface area contributed by atoms with Crippen molar-refractivity contribution in [2.24, 2.45) is 0 Å². The molecule has 2 saturated heterocycles. The number of thiophene rings is 2. The van der Waals surface area contributed by atoms with Gasteiger partial charge in [0.15, 0.2) is 0 Å². The van der Waals surface area contributed by atoms with E-state index in [1.807, 2.05) is 22.7 Å². The molecule has 2 fully saturated rings. The highest BCUT2D eigenvalue weighted by molar-refractivity contribution is 7.30. The second kappa shape index (κ2) is 20.4. The Bertz CT molecular complexity index is 1530. The second-order valence-corrected chi connectivity index (χ2v) is 21.0. The van der Waals surface area contributed by atoms with Crippen LogP contribution in [0.4, 0.5) is 0 Å². The molecule has 8 heteroatoms. The third-order valence-electron chi connectivity index (χ3n) is 13.7. The van der Waals surface area contributed by atoms with Gasteiger partial charge in [-0.25, -0.2) is 0 Å². The number of aryl methyl sites for hydroxylation is 2. The molecule has 55 heavy (non-hydrogen) atoms. The van der Waals surface area contributed by atoms with Gasteiger partial charge in [0.25, 0.3) is 0 Å². The van der Waals surface area contributed by atoms with Crippen molar-refractivity contribution in [3.05, 3.63) is 23.3 Å². The molecule has 0 radical (unpaired) electrons. The van der Waals surface area contributed by atoms with E-state index in [2.05, 4.69) is 81.4 Å². The van der Waals surface area contributed by atoms with Crippen LogP contribution in [0.5, 0.6) is 0 Å². The number of benzene rings is 1. The van der Waals surface area contributed by atoms with E-state index >= 15 is 0 Å². The second-order valence-electron chi connectivity index (χ2n) is 18.9. The van der Waals surface area contributed by atoms with Crippen molar-refractivity contribution in [2.75, 3.05) is 0 Å². The molecule has 0 amide bonds. The molecule has 3 aromatic rings. The van der Waals surface area contributed by atoms with Gasteiger partial charge in [-0.1, -0.05) is 136 Å². The van der Waals surface area contributed by atoms with Crippen molar-refractivity contribution in [3.63, 3.8) is 0 Å². The zero-order valence-corrected chi connectivity index (χ0v) is 38.7. The van der Waals surface area contributed by atoms with Crippen molar-refractivity contribution < 1.29 is 18.6 Å². The summed E-state index contributed by atoms with van der Waals surface area (Å²) in [5, 5.41) is 2.86. The number of hydrogen-bond donors (Lipinski definition) is 0. The summed E-state index contributed by atoms with van der Waals surface area (Å²) < 4.78 is 32.2. The van der Waals surface area contributed by atoms with Crippen LogP contribution in [0.2, 0.25) is 0 Å². The van der Waals surface area contributed by atoms with Gasteiger partial charge >= 0.3 is 14.2 Å². The highest BCUT2D eigenvalue weighted by atomic mass is 32.1. The molecule has 2 aliphatic rings. The third-order valence-corrected chi connectivity index (χ3v) is 16.1. The van der Waals surface area contributed by atoms with Gasteiger partial charge in [0.05, 0.1) is 22.4 Å². The van der Waals surface area contributed by atoms with Crippen LogP contribution in [0.15, 0.2) is 12.1 Å². The van der Waals surface area contributed by atoms with Gasteiger partial charge in [0, 0.05) is 19.0 Å². The number of fused-ring (bicyclic) bond motifs is 2. The smallest absolute Gasteiger partial charge is 0.399 e. The van der Waals surface area contributed by atoms with Crippen molar-refractivity contribution >= 4 is 66.6 Å². The van der Waals surface area contributed by atoms with E-state index in [4.69, 9.17) is 18.6 Å². The monoisotopic (exact) mass is 793 g/mol. The third kappa shape index (κ3) is 11.0. The first-order chi connectivity index (χ1) is 26.3. The molecule has 1 aromatic carbocycles. The van der Waals surface area contributed by atoms with Gasteiger partial charge in [0.2, 0.25) is 0 Å². The molecular formula is C47H78B2O4S2. The molecule has 1 unspecified atom stereocenters. The van der Waals surface area contributed by atoms with Crippen LogP contribution in [0.25, 0.3) is 20.2 Å². The normalized spacial score (nSPS) is 20.5. The van der Waals surface area contributed by atoms with Gasteiger partial charge in [-0.2, -0.15) is 0 Å². The molecule has 2 aliphatic heterocycles. The van der Waals surface area contributed by atoms with Crippen molar-refractivity contribution in [2.45, 2.75) is 239 Å². The molecular weight excluding hydrogens is 714 g/mol. The summed E-state index contributed by atoms with van der Waals surface area (Å²) in [5.41, 5.74) is 1.65. The van der Waals surface area contributed by atoms with E-state index < -0.39 is 0 Å². The fourth-order valence-electron chi connectivity index (χ4n) is 8.65. The van der Waals surface area contributed by atoms with E-state index in [0.717, 1.165) is 19.3 Å². The maximum absolute atomic E-state index is 6.80. The fourth-order valence-corrected chi connectivity index (χ4v) is 11.1. The molecule has 2 aromatic heterocycles. The van der Waals surface area contributed by atoms with Crippen LogP contribution in [-0.4, -0.2) is 36.6 Å². The average molecular weight is 793 g/mol. The topological polar surface area (TPSA) is 36.9 Å². The number of unbranched alkanes of at least 4 members (excludes halogenated alkanes) is 18. The first kappa shape index (κ1) is 45.2. The first-order valence-electron chi connectivity index (χ1n) is 23.0. The molecule has 4 heterocycles. The van der Waals surface area contributed by atoms with Crippen LogP contribution < -0.4 is 9.55 Å². The van der Waals surface area contributed by atoms with Crippen molar-refractivity contribution in [1.82, 2.24) is 0 Å². The Kier molecular flexibility index (Phi) is 16.8. The summed E-state index contributed by atoms with van der Waals surface area (Å²) in [4.78, 5) is 0. The summed E-state index contributed by atoms with van der Waals surface area (Å²) in [6, 6.07) is 4.91. The maximum Gasteiger partial charge on any atom is 0.505 e. The summed E-state index contributed by atoms with van der Waals surface area (Å²) in [5.74, 6) is 0. The Morgan fingerprint density at radius 2 is 0.764 bits per heavy atom. The van der Waals surface area contributed by atoms with Crippen molar-refractivity contribution in [1.29, 1.82) is 0 Å². The SMILES string of the molecule is CCCCCCCCCCCCc1c2cc(B3OC(C)(C)C(C)(CC)O3)sc2c(CCCCCCCCCCCC)c2cc(B3OC(C)(C)C(C)(C)O3)sc12. The maximum atomic E-state index is 6.80. The first-order valence-corrected chi connectivity index (χ1v) is 24.6. The van der Waals surface area contributed by atoms with Crippen molar-refractivity contribution in [3.8, 4) is 0 Å². The van der Waals surface area contributed by atoms with Gasteiger partial charge in [-0.3, -0.25) is 0 Å². The lowest BCUT2D eigenvalue weighted by atomic mass is 9.85. The molecule has 0 spiro atoms. The molecule has 0 N–H and O–H groups in total. The minimum atomic E-state index is -0.358. The summed E-state index contributed by atoms with van der Waals surface area (Å²) in [6.45, 7) is 22.1. The minimum Gasteiger partial charge on any atom is -0.399 e. The lowest BCUT2D eigenvalue weighted by Gasteiger charge is -2.35. The Labute approximate surface area is 346 Å². The zero-order chi connectivity index (χ0) is 39.7. The Morgan fingerprint density at radius 3 is 1.11 bits per heavy atom. The van der Waals surface area contributed by atoms with E-state index in [0.29, 0.717) is 0 Å². The lowest BCUT2D eigenvalue weighted by Crippen LogP contribution is -2.44. The fraction of sp³-hybridized carbons (Fsp3) is 0.787. The van der Waals surface area contributed by atoms with Gasteiger partial charge < -0.3 is 18.6 Å². The predicted molar refractivity (Wildman–Crippen MR) is 244 cm³/mol. The molecule has 0 saturated carbocycles. The van der Waals surface area contributed by atoms with Gasteiger partial charge in [0.1, 0.15) is 0 Å². The Balaban J connectivity index is 1.43. The molecule has 4 nitrogen and oxygen atoms in total. The van der Waals surface area contributed by atoms with E-state index in [1.165, 1.54) is 169 Å². The summed E-state index contributed by atoms with van der Waals surface area (Å²) >= 11 is 3.86. The minimum absolute atomic E-state index is 0.316. The average Bonchev–Trinajstić information content (AvgIpc) is 3.88. The lowest BCUT2D eigenvalue weighted by molar-refractivity contribution is -0.0118. The summed E-state index contributed by atoms with van der Waals surface area (Å²) in [7, 11) is -0.661. The van der Waals surface area contributed by atoms with Gasteiger partial charge in [-0.05, 0) is 115 Å². The molecule has 5 rings (SSSR count). The molecule has 1 atom stereocenters. The number of hydrogen-bond acceptors (Lipinski definition) is 6. The van der Waals surface area contributed by atoms with Crippen LogP contribution in [0.3, 0.4) is 0 Å². The standard InChI is InChI=1S/C47H78B2O4S2/c1-11-14-16-18-20-22-24-26-28-30-32-36-38-34-40(48-50-44(4,5)45(6,7)51-48)54-42(38)37(33-31-29-27-25-23-21-19-17-15-12-2)39-35-41(55-43(36)39)49-52-46(8,9)47(10,13-3)53-49/h34-35H,11-33H2,1-10H3. The quantitative estimate of drug-likeness (QED) is 0.0632. The van der Waals surface area contributed by atoms with E-state index in [1.54, 1.807) is 0 Å². The predicted octanol–water partition coefficient (Wildman–Crippen LogP) is 14.0. The van der Waals surface area contributed by atoms with Crippen LogP contribution in [0.1, 0.15) is 215 Å². The van der Waals surface area contributed by atoms with Crippen LogP contribution in [-0.2, 0) is 31.5 Å². The molecule has 0 bridgehead atoms. The highest BCUT2D eigenvalue weighted by Gasteiger charge is 2.54. The van der Waals surface area contributed by atoms with E-state index in [-0.39, 0.29) is 36.6 Å². The van der Waals surface area contributed by atoms with Crippen LogP contribution >= 0.6 is 22.7 Å². The molecule has 308 valence electrons. The van der Waals surface area contributed by atoms with Gasteiger partial charge in [-0.15, -0.1) is 22.7 Å². The summed E-state index contributed by atoms with van der Waals surface area (Å²) in [6.07, 6.45) is 30.2. The number of rotatable bonds is 25. The Morgan fingerprint density at radius 1 is 0.436 bits per heavy atom. The largest absolute Gasteiger partial charge is 0.505 e. The molecule has 0 aliphatic carbocycles. The zero-order valence-electron chi connectivity index (χ0n) is 37.0. The highest BCUT2D eigenvalue weighted by Crippen LogP contribution is 2.44. The van der Waals surface area contributed by atoms with E-state index in [9.17, 15) is 0 Å².